The average Bonchev–Trinajstić information content (AvgIpc) is 2.62. The molecule has 4 rings (SSSR count). The third kappa shape index (κ3) is 2.94. The molecule has 0 unspecified atom stereocenters. The van der Waals surface area contributed by atoms with Gasteiger partial charge in [0.05, 0.1) is 0 Å². The first-order chi connectivity index (χ1) is 10.9. The highest BCUT2D eigenvalue weighted by Crippen LogP contribution is 2.28. The van der Waals surface area contributed by atoms with Crippen LogP contribution in [0.15, 0.2) is 84.9 Å². The molecule has 0 radical (unpaired) electrons. The number of hydrogen-bond acceptors (Lipinski definition) is 1. The number of H-pyrrole nitrogens is 1. The molecular weight excluding hydrogens is 304 g/mol. The lowest BCUT2D eigenvalue weighted by molar-refractivity contribution is -0.330. The zero-order valence-corrected chi connectivity index (χ0v) is 13.2. The lowest BCUT2D eigenvalue weighted by Crippen LogP contribution is -3.00. The van der Waals surface area contributed by atoms with E-state index in [-0.39, 0.29) is 12.4 Å². The van der Waals surface area contributed by atoms with Crippen LogP contribution in [0.25, 0.3) is 33.5 Å². The molecule has 1 aromatic heterocycles. The van der Waals surface area contributed by atoms with Crippen LogP contribution in [0.1, 0.15) is 0 Å². The monoisotopic (exact) mass is 318 g/mol. The molecule has 0 spiro atoms. The van der Waals surface area contributed by atoms with E-state index in [2.05, 4.69) is 35.3 Å². The summed E-state index contributed by atoms with van der Waals surface area (Å²) in [6, 6.07) is 28.8. The van der Waals surface area contributed by atoms with E-state index in [1.54, 1.807) is 0 Å². The number of benzene rings is 3. The van der Waals surface area contributed by atoms with Gasteiger partial charge in [0.1, 0.15) is 11.2 Å². The summed E-state index contributed by atoms with van der Waals surface area (Å²) in [5, 5.41) is 0. The molecule has 0 saturated heterocycles. The van der Waals surface area contributed by atoms with E-state index in [4.69, 9.17) is 4.98 Å². The van der Waals surface area contributed by atoms with E-state index in [1.165, 1.54) is 0 Å². The Labute approximate surface area is 141 Å². The number of halogens is 1. The molecule has 0 saturated carbocycles. The molecule has 0 atom stereocenters. The van der Waals surface area contributed by atoms with Crippen molar-refractivity contribution in [1.29, 1.82) is 0 Å². The Morgan fingerprint density at radius 1 is 0.609 bits per heavy atom. The fourth-order valence-corrected chi connectivity index (χ4v) is 2.67. The zero-order valence-electron chi connectivity index (χ0n) is 12.4. The van der Waals surface area contributed by atoms with Gasteiger partial charge in [-0.3, -0.25) is 0 Å². The van der Waals surface area contributed by atoms with Crippen molar-refractivity contribution in [3.63, 3.8) is 0 Å². The second-order valence-corrected chi connectivity index (χ2v) is 5.21. The number of aromatic amines is 1. The molecule has 0 aliphatic heterocycles. The minimum atomic E-state index is 0. The SMILES string of the molecule is [Cl-].c1ccc(-c2nc3ccccc3[nH+]c2-c2ccccc2)cc1. The Bertz CT molecular complexity index is 844. The lowest BCUT2D eigenvalue weighted by atomic mass is 10.0. The second-order valence-electron chi connectivity index (χ2n) is 5.21. The molecular formula is C20H15ClN2. The topological polar surface area (TPSA) is 27.0 Å². The van der Waals surface area contributed by atoms with Crippen LogP contribution in [-0.4, -0.2) is 4.98 Å². The first-order valence-electron chi connectivity index (χ1n) is 7.35. The highest BCUT2D eigenvalue weighted by atomic mass is 35.5. The van der Waals surface area contributed by atoms with Crippen LogP contribution < -0.4 is 17.4 Å². The summed E-state index contributed by atoms with van der Waals surface area (Å²) in [5.41, 5.74) is 6.29. The van der Waals surface area contributed by atoms with Crippen LogP contribution >= 0.6 is 0 Å². The molecule has 0 amide bonds. The van der Waals surface area contributed by atoms with E-state index in [1.807, 2.05) is 54.6 Å². The third-order valence-electron chi connectivity index (χ3n) is 3.74. The molecule has 0 aliphatic carbocycles. The van der Waals surface area contributed by atoms with Crippen molar-refractivity contribution in [2.45, 2.75) is 0 Å². The Balaban J connectivity index is 0.00000156. The minimum absolute atomic E-state index is 0. The van der Waals surface area contributed by atoms with Crippen LogP contribution in [0.3, 0.4) is 0 Å². The summed E-state index contributed by atoms with van der Waals surface area (Å²) in [6.07, 6.45) is 0. The fourth-order valence-electron chi connectivity index (χ4n) is 2.67. The predicted octanol–water partition coefficient (Wildman–Crippen LogP) is 1.39. The van der Waals surface area contributed by atoms with Gasteiger partial charge in [-0.25, -0.2) is 9.97 Å². The molecule has 112 valence electrons. The van der Waals surface area contributed by atoms with Crippen LogP contribution in [0, 0.1) is 0 Å². The normalized spacial score (nSPS) is 10.3. The molecule has 4 aromatic rings. The summed E-state index contributed by atoms with van der Waals surface area (Å²) in [5.74, 6) is 0. The molecule has 2 nitrogen and oxygen atoms in total. The van der Waals surface area contributed by atoms with Gasteiger partial charge in [-0.05, 0) is 18.2 Å². The van der Waals surface area contributed by atoms with Crippen molar-refractivity contribution < 1.29 is 17.4 Å². The largest absolute Gasteiger partial charge is 1.00 e. The molecule has 3 heteroatoms. The van der Waals surface area contributed by atoms with Crippen LogP contribution in [-0.2, 0) is 0 Å². The van der Waals surface area contributed by atoms with Crippen LogP contribution in [0.4, 0.5) is 0 Å². The average molecular weight is 319 g/mol. The van der Waals surface area contributed by atoms with Crippen molar-refractivity contribution in [2.75, 3.05) is 0 Å². The highest BCUT2D eigenvalue weighted by molar-refractivity contribution is 5.81. The summed E-state index contributed by atoms with van der Waals surface area (Å²) < 4.78 is 0. The Hall–Kier alpha value is -2.71. The maximum absolute atomic E-state index is 4.89. The number of aromatic nitrogens is 2. The van der Waals surface area contributed by atoms with Crippen molar-refractivity contribution in [3.8, 4) is 22.5 Å². The molecule has 1 N–H and O–H groups in total. The van der Waals surface area contributed by atoms with Crippen LogP contribution in [0.2, 0.25) is 0 Å². The van der Waals surface area contributed by atoms with E-state index in [0.29, 0.717) is 0 Å². The number of fused-ring (bicyclic) bond motifs is 1. The summed E-state index contributed by atoms with van der Waals surface area (Å²) >= 11 is 0. The zero-order chi connectivity index (χ0) is 14.8. The first kappa shape index (κ1) is 15.2. The van der Waals surface area contributed by atoms with Gasteiger partial charge in [0, 0.05) is 17.2 Å². The molecule has 3 aromatic carbocycles. The molecule has 0 aliphatic rings. The first-order valence-corrected chi connectivity index (χ1v) is 7.35. The van der Waals surface area contributed by atoms with Crippen molar-refractivity contribution in [1.82, 2.24) is 4.98 Å². The van der Waals surface area contributed by atoms with Gasteiger partial charge in [-0.2, -0.15) is 0 Å². The highest BCUT2D eigenvalue weighted by Gasteiger charge is 2.18. The predicted molar refractivity (Wildman–Crippen MR) is 89.2 cm³/mol. The van der Waals surface area contributed by atoms with E-state index < -0.39 is 0 Å². The molecule has 1 heterocycles. The summed E-state index contributed by atoms with van der Waals surface area (Å²) in [6.45, 7) is 0. The summed E-state index contributed by atoms with van der Waals surface area (Å²) in [4.78, 5) is 8.44. The van der Waals surface area contributed by atoms with Gasteiger partial charge in [0.2, 0.25) is 11.2 Å². The Morgan fingerprint density at radius 2 is 1.17 bits per heavy atom. The maximum Gasteiger partial charge on any atom is 0.237 e. The van der Waals surface area contributed by atoms with E-state index >= 15 is 0 Å². The van der Waals surface area contributed by atoms with Gasteiger partial charge in [0.15, 0.2) is 0 Å². The maximum atomic E-state index is 4.89. The fraction of sp³-hybridized carbons (Fsp3) is 0. The standard InChI is InChI=1S/C20H14N2.ClH/c1-3-9-15(10-4-1)19-20(16-11-5-2-6-12-16)22-18-14-8-7-13-17(18)21-19;/h1-14H;1H. The van der Waals surface area contributed by atoms with E-state index in [0.717, 1.165) is 33.5 Å². The van der Waals surface area contributed by atoms with Crippen molar-refractivity contribution >= 4 is 11.0 Å². The quantitative estimate of drug-likeness (QED) is 0.549. The Morgan fingerprint density at radius 3 is 1.87 bits per heavy atom. The van der Waals surface area contributed by atoms with Gasteiger partial charge < -0.3 is 12.4 Å². The molecule has 0 fully saturated rings. The van der Waals surface area contributed by atoms with Crippen LogP contribution in [0.5, 0.6) is 0 Å². The second kappa shape index (κ2) is 6.59. The number of rotatable bonds is 2. The van der Waals surface area contributed by atoms with Gasteiger partial charge >= 0.3 is 0 Å². The molecule has 23 heavy (non-hydrogen) atoms. The molecule has 0 bridgehead atoms. The van der Waals surface area contributed by atoms with Gasteiger partial charge in [-0.1, -0.05) is 60.7 Å². The third-order valence-corrected chi connectivity index (χ3v) is 3.74. The minimum Gasteiger partial charge on any atom is -1.00 e. The summed E-state index contributed by atoms with van der Waals surface area (Å²) in [7, 11) is 0. The number of nitrogens with one attached hydrogen (secondary N) is 1. The van der Waals surface area contributed by atoms with Crippen molar-refractivity contribution in [3.05, 3.63) is 84.9 Å². The van der Waals surface area contributed by atoms with Gasteiger partial charge in [-0.15, -0.1) is 0 Å². The Kier molecular flexibility index (Phi) is 4.35. The van der Waals surface area contributed by atoms with E-state index in [9.17, 15) is 0 Å². The smallest absolute Gasteiger partial charge is 0.237 e. The van der Waals surface area contributed by atoms with Gasteiger partial charge in [0.25, 0.3) is 0 Å². The number of nitrogens with zero attached hydrogens (tertiary/aromatic N) is 1. The number of para-hydroxylation sites is 2. The number of hydrogen-bond donors (Lipinski definition) is 0. The van der Waals surface area contributed by atoms with Crippen molar-refractivity contribution in [2.24, 2.45) is 0 Å². The lowest BCUT2D eigenvalue weighted by Gasteiger charge is -2.05.